The summed E-state index contributed by atoms with van der Waals surface area (Å²) in [6, 6.07) is 0.575. The maximum absolute atomic E-state index is 14.3. The van der Waals surface area contributed by atoms with Crippen molar-refractivity contribution in [2.75, 3.05) is 16.8 Å². The highest BCUT2D eigenvalue weighted by molar-refractivity contribution is 7.91. The summed E-state index contributed by atoms with van der Waals surface area (Å²) in [5.74, 6) is -2.61. The van der Waals surface area contributed by atoms with Gasteiger partial charge in [0.25, 0.3) is 0 Å². The molecule has 1 saturated heterocycles. The number of halogens is 3. The van der Waals surface area contributed by atoms with Crippen LogP contribution in [0.5, 0.6) is 0 Å². The summed E-state index contributed by atoms with van der Waals surface area (Å²) in [5, 5.41) is 12.3. The molecule has 182 valence electrons. The van der Waals surface area contributed by atoms with Gasteiger partial charge in [-0.25, -0.2) is 36.5 Å². The van der Waals surface area contributed by atoms with E-state index in [2.05, 4.69) is 20.3 Å². The van der Waals surface area contributed by atoms with Gasteiger partial charge in [-0.15, -0.1) is 0 Å². The van der Waals surface area contributed by atoms with Crippen LogP contribution in [0.15, 0.2) is 18.3 Å². The number of rotatable bonds is 5. The molecular weight excluding hydrogens is 471 g/mol. The smallest absolute Gasteiger partial charge is 0.210 e. The molecule has 0 amide bonds. The number of fused-ring (bicyclic) bond motifs is 1. The molecule has 5 rings (SSSR count). The van der Waals surface area contributed by atoms with Gasteiger partial charge in [-0.3, -0.25) is 4.57 Å². The molecule has 1 atom stereocenters. The number of anilines is 2. The summed E-state index contributed by atoms with van der Waals surface area (Å²) >= 11 is 0. The number of nitrogens with zero attached hydrogens (tertiary/aromatic N) is 4. The Morgan fingerprint density at radius 2 is 1.76 bits per heavy atom. The zero-order valence-corrected chi connectivity index (χ0v) is 19.0. The number of imidazole rings is 1. The number of aliphatic hydroxyl groups excluding tert-OH is 1. The highest BCUT2D eigenvalue weighted by Crippen LogP contribution is 2.34. The molecule has 2 N–H and O–H groups in total. The van der Waals surface area contributed by atoms with E-state index in [-0.39, 0.29) is 23.6 Å². The van der Waals surface area contributed by atoms with Gasteiger partial charge in [-0.1, -0.05) is 0 Å². The van der Waals surface area contributed by atoms with Crippen LogP contribution >= 0.6 is 0 Å². The number of aliphatic hydroxyl groups is 1. The molecule has 0 unspecified atom stereocenters. The SMILES string of the molecule is O=S1(=O)CC[C@@H](n2c(Nc3c(F)cc(F)cc3F)nc3cnc(CC4CCC(O)CC4)nc32)C1. The summed E-state index contributed by atoms with van der Waals surface area (Å²) < 4.78 is 67.9. The predicted octanol–water partition coefficient (Wildman–Crippen LogP) is 3.44. The quantitative estimate of drug-likeness (QED) is 0.558. The van der Waals surface area contributed by atoms with Crippen LogP contribution in [0.25, 0.3) is 11.2 Å². The van der Waals surface area contributed by atoms with E-state index in [4.69, 9.17) is 0 Å². The monoisotopic (exact) mass is 495 g/mol. The minimum absolute atomic E-state index is 0.00810. The molecular formula is C22H24F3N5O3S. The largest absolute Gasteiger partial charge is 0.393 e. The van der Waals surface area contributed by atoms with Crippen molar-refractivity contribution in [2.45, 2.75) is 50.7 Å². The van der Waals surface area contributed by atoms with Crippen LogP contribution in [0.3, 0.4) is 0 Å². The average molecular weight is 496 g/mol. The fourth-order valence-corrected chi connectivity index (χ4v) is 6.52. The lowest BCUT2D eigenvalue weighted by Gasteiger charge is -2.24. The van der Waals surface area contributed by atoms with Crippen LogP contribution in [0.1, 0.15) is 44.0 Å². The van der Waals surface area contributed by atoms with Crippen LogP contribution in [0.2, 0.25) is 0 Å². The molecule has 0 spiro atoms. The number of nitrogens with one attached hydrogen (secondary N) is 1. The molecule has 8 nitrogen and oxygen atoms in total. The third-order valence-corrected chi connectivity index (χ3v) is 8.34. The molecule has 1 aliphatic carbocycles. The Morgan fingerprint density at radius 3 is 2.41 bits per heavy atom. The number of aromatic nitrogens is 4. The second-order valence-electron chi connectivity index (χ2n) is 9.11. The average Bonchev–Trinajstić information content (AvgIpc) is 3.30. The molecule has 0 radical (unpaired) electrons. The fraction of sp³-hybridized carbons (Fsp3) is 0.500. The van der Waals surface area contributed by atoms with Crippen molar-refractivity contribution >= 4 is 32.6 Å². The van der Waals surface area contributed by atoms with E-state index in [1.165, 1.54) is 6.20 Å². The Bertz CT molecular complexity index is 1320. The topological polar surface area (TPSA) is 110 Å². The van der Waals surface area contributed by atoms with Crippen molar-refractivity contribution in [3.8, 4) is 0 Å². The van der Waals surface area contributed by atoms with E-state index in [9.17, 15) is 26.7 Å². The van der Waals surface area contributed by atoms with Gasteiger partial charge in [-0.2, -0.15) is 0 Å². The van der Waals surface area contributed by atoms with Crippen LogP contribution in [0, 0.1) is 23.4 Å². The Hall–Kier alpha value is -2.73. The number of sulfone groups is 1. The van der Waals surface area contributed by atoms with Crippen LogP contribution in [0.4, 0.5) is 24.8 Å². The lowest BCUT2D eigenvalue weighted by Crippen LogP contribution is -2.20. The first-order chi connectivity index (χ1) is 16.2. The first-order valence-corrected chi connectivity index (χ1v) is 13.0. The molecule has 1 aliphatic heterocycles. The van der Waals surface area contributed by atoms with E-state index in [1.807, 2.05) is 0 Å². The highest BCUT2D eigenvalue weighted by atomic mass is 32.2. The summed E-state index contributed by atoms with van der Waals surface area (Å²) in [6.07, 6.45) is 5.32. The molecule has 2 aromatic heterocycles. The standard InChI is InChI=1S/C22H24F3N5O3S/c23-13-8-16(24)20(17(25)9-13)29-22-27-18-10-26-19(7-12-1-3-15(31)4-2-12)28-21(18)30(22)14-5-6-34(32,33)11-14/h8-10,12,14-15,31H,1-7,11H2,(H,27,29)/t12?,14-,15?/m1/s1. The maximum Gasteiger partial charge on any atom is 0.210 e. The molecule has 1 saturated carbocycles. The molecule has 3 aromatic rings. The van der Waals surface area contributed by atoms with E-state index in [0.29, 0.717) is 47.9 Å². The normalized spacial score (nSPS) is 24.5. The van der Waals surface area contributed by atoms with Crippen molar-refractivity contribution in [1.82, 2.24) is 19.5 Å². The third-order valence-electron chi connectivity index (χ3n) is 6.59. The van der Waals surface area contributed by atoms with E-state index in [0.717, 1.165) is 25.7 Å². The van der Waals surface area contributed by atoms with Crippen molar-refractivity contribution in [2.24, 2.45) is 5.92 Å². The molecule has 0 bridgehead atoms. The van der Waals surface area contributed by atoms with Crippen molar-refractivity contribution in [3.05, 3.63) is 41.6 Å². The Balaban J connectivity index is 1.54. The zero-order valence-electron chi connectivity index (χ0n) is 18.2. The Labute approximate surface area is 194 Å². The lowest BCUT2D eigenvalue weighted by atomic mass is 9.85. The highest BCUT2D eigenvalue weighted by Gasteiger charge is 2.33. The summed E-state index contributed by atoms with van der Waals surface area (Å²) in [6.45, 7) is 0. The van der Waals surface area contributed by atoms with Gasteiger partial charge in [0.2, 0.25) is 5.95 Å². The Morgan fingerprint density at radius 1 is 1.06 bits per heavy atom. The molecule has 2 aliphatic rings. The van der Waals surface area contributed by atoms with Crippen molar-refractivity contribution in [3.63, 3.8) is 0 Å². The minimum Gasteiger partial charge on any atom is -0.393 e. The second-order valence-corrected chi connectivity index (χ2v) is 11.3. The Kier molecular flexibility index (Phi) is 5.96. The van der Waals surface area contributed by atoms with Gasteiger partial charge in [0, 0.05) is 18.6 Å². The molecule has 1 aromatic carbocycles. The first kappa shape index (κ1) is 23.0. The van der Waals surface area contributed by atoms with Crippen LogP contribution < -0.4 is 5.32 Å². The second kappa shape index (κ2) is 8.81. The fourth-order valence-electron chi connectivity index (χ4n) is 4.82. The predicted molar refractivity (Wildman–Crippen MR) is 119 cm³/mol. The number of hydrogen-bond donors (Lipinski definition) is 2. The van der Waals surface area contributed by atoms with Crippen molar-refractivity contribution < 1.29 is 26.7 Å². The van der Waals surface area contributed by atoms with Gasteiger partial charge in [0.15, 0.2) is 27.1 Å². The number of benzene rings is 1. The van der Waals surface area contributed by atoms with Crippen LogP contribution in [-0.4, -0.2) is 50.7 Å². The zero-order chi connectivity index (χ0) is 24.0. The molecule has 3 heterocycles. The van der Waals surface area contributed by atoms with Crippen molar-refractivity contribution in [1.29, 1.82) is 0 Å². The van der Waals surface area contributed by atoms with Gasteiger partial charge >= 0.3 is 0 Å². The summed E-state index contributed by atoms with van der Waals surface area (Å²) in [4.78, 5) is 13.4. The van der Waals surface area contributed by atoms with Gasteiger partial charge < -0.3 is 10.4 Å². The summed E-state index contributed by atoms with van der Waals surface area (Å²) in [5.41, 5.74) is 0.124. The van der Waals surface area contributed by atoms with E-state index in [1.54, 1.807) is 4.57 Å². The molecule has 12 heteroatoms. The lowest BCUT2D eigenvalue weighted by molar-refractivity contribution is 0.108. The van der Waals surface area contributed by atoms with E-state index < -0.39 is 39.0 Å². The first-order valence-electron chi connectivity index (χ1n) is 11.2. The number of hydrogen-bond acceptors (Lipinski definition) is 7. The molecule has 2 fully saturated rings. The van der Waals surface area contributed by atoms with Gasteiger partial charge in [-0.05, 0) is 38.0 Å². The van der Waals surface area contributed by atoms with Gasteiger partial charge in [0.05, 0.1) is 29.8 Å². The van der Waals surface area contributed by atoms with Crippen LogP contribution in [-0.2, 0) is 16.3 Å². The maximum atomic E-state index is 14.3. The third kappa shape index (κ3) is 4.61. The minimum atomic E-state index is -3.28. The van der Waals surface area contributed by atoms with E-state index >= 15 is 0 Å². The van der Waals surface area contributed by atoms with Gasteiger partial charge in [0.1, 0.15) is 22.8 Å². The summed E-state index contributed by atoms with van der Waals surface area (Å²) in [7, 11) is -3.28. The molecule has 34 heavy (non-hydrogen) atoms.